The summed E-state index contributed by atoms with van der Waals surface area (Å²) < 4.78 is 0. The van der Waals surface area contributed by atoms with Gasteiger partial charge in [-0.1, -0.05) is 32.0 Å². The second-order valence-corrected chi connectivity index (χ2v) is 5.97. The van der Waals surface area contributed by atoms with Gasteiger partial charge in [0.25, 0.3) is 0 Å². The molecule has 2 heteroatoms. The molecule has 0 spiro atoms. The largest absolute Gasteiger partial charge is 0.261 e. The number of aromatic nitrogens is 1. The fraction of sp³-hybridized carbons (Fsp3) is 0.353. The van der Waals surface area contributed by atoms with Crippen molar-refractivity contribution in [2.75, 3.05) is 5.75 Å². The predicted molar refractivity (Wildman–Crippen MR) is 83.8 cm³/mol. The number of rotatable bonds is 6. The van der Waals surface area contributed by atoms with E-state index in [4.69, 9.17) is 0 Å². The molecule has 0 amide bonds. The molecule has 0 radical (unpaired) electrons. The second kappa shape index (κ2) is 7.34. The van der Waals surface area contributed by atoms with E-state index in [1.165, 1.54) is 22.6 Å². The first kappa shape index (κ1) is 14.1. The quantitative estimate of drug-likeness (QED) is 0.691. The van der Waals surface area contributed by atoms with Crippen molar-refractivity contribution in [1.29, 1.82) is 0 Å². The monoisotopic (exact) mass is 271 g/mol. The Bertz CT molecular complexity index is 478. The molecule has 1 atom stereocenters. The van der Waals surface area contributed by atoms with Crippen molar-refractivity contribution in [2.45, 2.75) is 37.5 Å². The number of hydrogen-bond acceptors (Lipinski definition) is 2. The van der Waals surface area contributed by atoms with E-state index in [-0.39, 0.29) is 0 Å². The maximum atomic E-state index is 4.34. The minimum atomic E-state index is 0.660. The molecule has 100 valence electrons. The highest BCUT2D eigenvalue weighted by Crippen LogP contribution is 2.23. The van der Waals surface area contributed by atoms with E-state index < -0.39 is 0 Å². The minimum Gasteiger partial charge on any atom is -0.261 e. The van der Waals surface area contributed by atoms with Gasteiger partial charge in [0, 0.05) is 22.5 Å². The third-order valence-corrected chi connectivity index (χ3v) is 4.43. The summed E-state index contributed by atoms with van der Waals surface area (Å²) in [5, 5.41) is 0. The van der Waals surface area contributed by atoms with Crippen LogP contribution in [0.1, 0.15) is 37.4 Å². The molecule has 1 aromatic heterocycles. The van der Waals surface area contributed by atoms with E-state index >= 15 is 0 Å². The summed E-state index contributed by atoms with van der Waals surface area (Å²) in [5.74, 6) is 1.74. The summed E-state index contributed by atoms with van der Waals surface area (Å²) in [4.78, 5) is 5.69. The standard InChI is InChI=1S/C17H21NS/c1-3-14(2)15-7-9-17(10-8-15)19-13-11-16-6-4-5-12-18-16/h4-10,12,14H,3,11,13H2,1-2H3/t14-/m1/s1. The van der Waals surface area contributed by atoms with Gasteiger partial charge in [-0.2, -0.15) is 0 Å². The van der Waals surface area contributed by atoms with Crippen LogP contribution in [0.15, 0.2) is 53.6 Å². The first-order valence-corrected chi connectivity index (χ1v) is 7.91. The van der Waals surface area contributed by atoms with Gasteiger partial charge >= 0.3 is 0 Å². The van der Waals surface area contributed by atoms with Crippen molar-refractivity contribution in [1.82, 2.24) is 4.98 Å². The molecule has 0 unspecified atom stereocenters. The molecule has 0 saturated heterocycles. The Morgan fingerprint density at radius 1 is 1.11 bits per heavy atom. The lowest BCUT2D eigenvalue weighted by Crippen LogP contribution is -1.92. The average molecular weight is 271 g/mol. The zero-order valence-electron chi connectivity index (χ0n) is 11.7. The van der Waals surface area contributed by atoms with Crippen molar-refractivity contribution in [2.24, 2.45) is 0 Å². The third-order valence-electron chi connectivity index (χ3n) is 3.41. The van der Waals surface area contributed by atoms with Crippen LogP contribution in [0.3, 0.4) is 0 Å². The Morgan fingerprint density at radius 3 is 2.53 bits per heavy atom. The Hall–Kier alpha value is -1.28. The van der Waals surface area contributed by atoms with Gasteiger partial charge in [-0.15, -0.1) is 11.8 Å². The van der Waals surface area contributed by atoms with Gasteiger partial charge in [-0.25, -0.2) is 0 Å². The highest BCUT2D eigenvalue weighted by molar-refractivity contribution is 7.99. The highest BCUT2D eigenvalue weighted by Gasteiger charge is 2.02. The molecule has 0 bridgehead atoms. The molecule has 0 aliphatic heterocycles. The van der Waals surface area contributed by atoms with Gasteiger partial charge in [0.05, 0.1) is 0 Å². The van der Waals surface area contributed by atoms with Gasteiger partial charge in [0.15, 0.2) is 0 Å². The number of thioether (sulfide) groups is 1. The summed E-state index contributed by atoms with van der Waals surface area (Å²) in [6.45, 7) is 4.52. The molecule has 0 fully saturated rings. The Balaban J connectivity index is 1.83. The van der Waals surface area contributed by atoms with Gasteiger partial charge in [-0.3, -0.25) is 4.98 Å². The van der Waals surface area contributed by atoms with Crippen molar-refractivity contribution in [3.8, 4) is 0 Å². The van der Waals surface area contributed by atoms with Crippen LogP contribution >= 0.6 is 11.8 Å². The molecule has 2 aromatic rings. The number of aryl methyl sites for hydroxylation is 1. The van der Waals surface area contributed by atoms with Gasteiger partial charge < -0.3 is 0 Å². The molecule has 1 aromatic carbocycles. The van der Waals surface area contributed by atoms with Crippen molar-refractivity contribution in [3.05, 3.63) is 59.9 Å². The predicted octanol–water partition coefficient (Wildman–Crippen LogP) is 4.93. The third kappa shape index (κ3) is 4.39. The van der Waals surface area contributed by atoms with E-state index in [9.17, 15) is 0 Å². The molecule has 1 heterocycles. The Kier molecular flexibility index (Phi) is 5.46. The molecule has 0 N–H and O–H groups in total. The summed E-state index contributed by atoms with van der Waals surface area (Å²) in [5.41, 5.74) is 2.61. The molecule has 0 aliphatic rings. The lowest BCUT2D eigenvalue weighted by atomic mass is 9.99. The second-order valence-electron chi connectivity index (χ2n) is 4.80. The fourth-order valence-electron chi connectivity index (χ4n) is 1.95. The van der Waals surface area contributed by atoms with Crippen LogP contribution in [-0.4, -0.2) is 10.7 Å². The van der Waals surface area contributed by atoms with Crippen LogP contribution in [0, 0.1) is 0 Å². The molecule has 1 nitrogen and oxygen atoms in total. The lowest BCUT2D eigenvalue weighted by molar-refractivity contribution is 0.733. The molecule has 19 heavy (non-hydrogen) atoms. The summed E-state index contributed by atoms with van der Waals surface area (Å²) in [6, 6.07) is 15.1. The van der Waals surface area contributed by atoms with Crippen LogP contribution < -0.4 is 0 Å². The molecular formula is C17H21NS. The van der Waals surface area contributed by atoms with Gasteiger partial charge in [0.1, 0.15) is 0 Å². The number of nitrogens with zero attached hydrogens (tertiary/aromatic N) is 1. The van der Waals surface area contributed by atoms with E-state index in [2.05, 4.69) is 49.2 Å². The molecule has 2 rings (SSSR count). The number of benzene rings is 1. The van der Waals surface area contributed by atoms with Crippen molar-refractivity contribution >= 4 is 11.8 Å². The minimum absolute atomic E-state index is 0.660. The SMILES string of the molecule is CC[C@@H](C)c1ccc(SCCc2ccccn2)cc1. The Labute approximate surface area is 120 Å². The molecule has 0 saturated carbocycles. The number of pyridine rings is 1. The molecule has 0 aliphatic carbocycles. The van der Waals surface area contributed by atoms with Crippen LogP contribution in [0.25, 0.3) is 0 Å². The van der Waals surface area contributed by atoms with E-state index in [0.717, 1.165) is 12.2 Å². The van der Waals surface area contributed by atoms with Crippen molar-refractivity contribution < 1.29 is 0 Å². The van der Waals surface area contributed by atoms with E-state index in [1.54, 1.807) is 0 Å². The summed E-state index contributed by atoms with van der Waals surface area (Å²) >= 11 is 1.90. The summed E-state index contributed by atoms with van der Waals surface area (Å²) in [6.07, 6.45) is 4.09. The molecular weight excluding hydrogens is 250 g/mol. The van der Waals surface area contributed by atoms with Crippen LogP contribution in [-0.2, 0) is 6.42 Å². The van der Waals surface area contributed by atoms with Crippen molar-refractivity contribution in [3.63, 3.8) is 0 Å². The highest BCUT2D eigenvalue weighted by atomic mass is 32.2. The van der Waals surface area contributed by atoms with Crippen LogP contribution in [0.5, 0.6) is 0 Å². The lowest BCUT2D eigenvalue weighted by Gasteiger charge is -2.09. The van der Waals surface area contributed by atoms with Gasteiger partial charge in [-0.05, 0) is 48.6 Å². The normalized spacial score (nSPS) is 12.3. The zero-order chi connectivity index (χ0) is 13.5. The smallest absolute Gasteiger partial charge is 0.0411 e. The average Bonchev–Trinajstić information content (AvgIpc) is 2.48. The van der Waals surface area contributed by atoms with Gasteiger partial charge in [0.2, 0.25) is 0 Å². The first-order valence-electron chi connectivity index (χ1n) is 6.92. The van der Waals surface area contributed by atoms with Crippen LogP contribution in [0.2, 0.25) is 0 Å². The van der Waals surface area contributed by atoms with E-state index in [1.807, 2.05) is 30.1 Å². The maximum absolute atomic E-state index is 4.34. The van der Waals surface area contributed by atoms with Crippen LogP contribution in [0.4, 0.5) is 0 Å². The topological polar surface area (TPSA) is 12.9 Å². The first-order chi connectivity index (χ1) is 9.29. The zero-order valence-corrected chi connectivity index (χ0v) is 12.5. The van der Waals surface area contributed by atoms with E-state index in [0.29, 0.717) is 5.92 Å². The summed E-state index contributed by atoms with van der Waals surface area (Å²) in [7, 11) is 0. The number of hydrogen-bond donors (Lipinski definition) is 0. The fourth-order valence-corrected chi connectivity index (χ4v) is 2.82. The Morgan fingerprint density at radius 2 is 1.89 bits per heavy atom. The maximum Gasteiger partial charge on any atom is 0.0411 e.